The zero-order valence-electron chi connectivity index (χ0n) is 15.8. The standard InChI is InChI=1S/C18H21N3O7S/c1-13(2)16(12-28-11-14-6-4-3-5-7-14)19-29(26,27)18-9-8-15(20(22)23)10-17(18)21(24)25/h3-10,13,16,19H,11-12H2,1-2H3/t16-/m1/s1. The molecule has 0 spiro atoms. The Labute approximate surface area is 167 Å². The van der Waals surface area contributed by atoms with E-state index in [2.05, 4.69) is 4.72 Å². The van der Waals surface area contributed by atoms with E-state index in [1.54, 1.807) is 13.8 Å². The number of sulfonamides is 1. The lowest BCUT2D eigenvalue weighted by Crippen LogP contribution is -2.42. The fourth-order valence-electron chi connectivity index (χ4n) is 2.49. The Kier molecular flexibility index (Phi) is 7.37. The topological polar surface area (TPSA) is 142 Å². The number of hydrogen-bond acceptors (Lipinski definition) is 7. The summed E-state index contributed by atoms with van der Waals surface area (Å²) in [6, 6.07) is 11.1. The van der Waals surface area contributed by atoms with Crippen LogP contribution in [-0.4, -0.2) is 30.9 Å². The van der Waals surface area contributed by atoms with Gasteiger partial charge in [0.1, 0.15) is 0 Å². The second-order valence-corrected chi connectivity index (χ2v) is 8.32. The van der Waals surface area contributed by atoms with Gasteiger partial charge in [-0.1, -0.05) is 44.2 Å². The molecule has 2 aromatic rings. The Bertz CT molecular complexity index is 978. The van der Waals surface area contributed by atoms with Crippen molar-refractivity contribution in [1.29, 1.82) is 0 Å². The number of nitrogens with zero attached hydrogens (tertiary/aromatic N) is 2. The highest BCUT2D eigenvalue weighted by atomic mass is 32.2. The van der Waals surface area contributed by atoms with Gasteiger partial charge in [0, 0.05) is 12.1 Å². The van der Waals surface area contributed by atoms with Crippen molar-refractivity contribution < 1.29 is 23.0 Å². The Hall–Kier alpha value is -2.89. The molecular weight excluding hydrogens is 402 g/mol. The van der Waals surface area contributed by atoms with E-state index in [0.29, 0.717) is 6.07 Å². The summed E-state index contributed by atoms with van der Waals surface area (Å²) in [5.41, 5.74) is -0.509. The van der Waals surface area contributed by atoms with Gasteiger partial charge >= 0.3 is 0 Å². The molecule has 0 amide bonds. The lowest BCUT2D eigenvalue weighted by molar-refractivity contribution is -0.396. The summed E-state index contributed by atoms with van der Waals surface area (Å²) in [6.45, 7) is 3.89. The van der Waals surface area contributed by atoms with Crippen LogP contribution in [0.2, 0.25) is 0 Å². The molecular formula is C18H21N3O7S. The predicted molar refractivity (Wildman–Crippen MR) is 105 cm³/mol. The van der Waals surface area contributed by atoms with E-state index in [9.17, 15) is 28.6 Å². The molecule has 2 rings (SSSR count). The van der Waals surface area contributed by atoms with E-state index < -0.39 is 42.2 Å². The van der Waals surface area contributed by atoms with Gasteiger partial charge < -0.3 is 4.74 Å². The van der Waals surface area contributed by atoms with Gasteiger partial charge in [0.05, 0.1) is 29.1 Å². The zero-order valence-corrected chi connectivity index (χ0v) is 16.7. The molecule has 156 valence electrons. The second-order valence-electron chi connectivity index (χ2n) is 6.64. The van der Waals surface area contributed by atoms with Crippen LogP contribution in [0.4, 0.5) is 11.4 Å². The molecule has 0 saturated heterocycles. The number of nitrogens with one attached hydrogen (secondary N) is 1. The number of hydrogen-bond donors (Lipinski definition) is 1. The van der Waals surface area contributed by atoms with Crippen molar-refractivity contribution in [1.82, 2.24) is 4.72 Å². The molecule has 11 heteroatoms. The van der Waals surface area contributed by atoms with Gasteiger partial charge in [-0.3, -0.25) is 20.2 Å². The molecule has 0 aliphatic carbocycles. The number of non-ortho nitro benzene ring substituents is 1. The van der Waals surface area contributed by atoms with Crippen molar-refractivity contribution in [3.63, 3.8) is 0 Å². The molecule has 1 atom stereocenters. The molecule has 0 radical (unpaired) electrons. The minimum Gasteiger partial charge on any atom is -0.375 e. The van der Waals surface area contributed by atoms with Gasteiger partial charge in [-0.15, -0.1) is 0 Å². The first-order valence-corrected chi connectivity index (χ1v) is 10.2. The molecule has 29 heavy (non-hydrogen) atoms. The quantitative estimate of drug-likeness (QED) is 0.457. The first-order chi connectivity index (χ1) is 13.6. The summed E-state index contributed by atoms with van der Waals surface area (Å²) in [7, 11) is -4.31. The van der Waals surface area contributed by atoms with E-state index in [1.807, 2.05) is 30.3 Å². The molecule has 0 unspecified atom stereocenters. The van der Waals surface area contributed by atoms with Crippen molar-refractivity contribution in [2.45, 2.75) is 31.4 Å². The average Bonchev–Trinajstić information content (AvgIpc) is 2.67. The van der Waals surface area contributed by atoms with Crippen LogP contribution in [0.3, 0.4) is 0 Å². The molecule has 0 saturated carbocycles. The van der Waals surface area contributed by atoms with Crippen LogP contribution >= 0.6 is 0 Å². The minimum atomic E-state index is -4.31. The third-order valence-electron chi connectivity index (χ3n) is 4.16. The van der Waals surface area contributed by atoms with Crippen LogP contribution in [0, 0.1) is 26.1 Å². The zero-order chi connectivity index (χ0) is 21.6. The van der Waals surface area contributed by atoms with E-state index >= 15 is 0 Å². The van der Waals surface area contributed by atoms with Crippen molar-refractivity contribution >= 4 is 21.4 Å². The average molecular weight is 423 g/mol. The number of ether oxygens (including phenoxy) is 1. The highest BCUT2D eigenvalue weighted by Gasteiger charge is 2.31. The molecule has 0 heterocycles. The lowest BCUT2D eigenvalue weighted by atomic mass is 10.1. The predicted octanol–water partition coefficient (Wildman–Crippen LogP) is 3.02. The van der Waals surface area contributed by atoms with Crippen LogP contribution in [0.15, 0.2) is 53.4 Å². The number of benzene rings is 2. The Balaban J connectivity index is 2.20. The number of rotatable bonds is 10. The van der Waals surface area contributed by atoms with Crippen molar-refractivity contribution in [3.05, 3.63) is 74.3 Å². The van der Waals surface area contributed by atoms with Gasteiger partial charge in [0.25, 0.3) is 11.4 Å². The lowest BCUT2D eigenvalue weighted by Gasteiger charge is -2.22. The summed E-state index contributed by atoms with van der Waals surface area (Å²) in [6.07, 6.45) is 0. The molecule has 0 fully saturated rings. The number of nitro benzene ring substituents is 2. The summed E-state index contributed by atoms with van der Waals surface area (Å²) in [5.74, 6) is -0.169. The molecule has 2 aromatic carbocycles. The fourth-order valence-corrected chi connectivity index (χ4v) is 4.01. The first-order valence-electron chi connectivity index (χ1n) is 8.68. The van der Waals surface area contributed by atoms with Crippen molar-refractivity contribution in [2.24, 2.45) is 5.92 Å². The number of nitro groups is 2. The fraction of sp³-hybridized carbons (Fsp3) is 0.333. The molecule has 0 aromatic heterocycles. The van der Waals surface area contributed by atoms with Crippen LogP contribution in [0.25, 0.3) is 0 Å². The summed E-state index contributed by atoms with van der Waals surface area (Å²) < 4.78 is 33.5. The molecule has 1 N–H and O–H groups in total. The van der Waals surface area contributed by atoms with E-state index in [-0.39, 0.29) is 19.1 Å². The van der Waals surface area contributed by atoms with Crippen LogP contribution < -0.4 is 4.72 Å². The molecule has 10 nitrogen and oxygen atoms in total. The van der Waals surface area contributed by atoms with Gasteiger partial charge in [-0.25, -0.2) is 13.1 Å². The van der Waals surface area contributed by atoms with E-state index in [1.165, 1.54) is 0 Å². The Morgan fingerprint density at radius 3 is 2.24 bits per heavy atom. The Morgan fingerprint density at radius 2 is 1.69 bits per heavy atom. The molecule has 0 aliphatic heterocycles. The van der Waals surface area contributed by atoms with Crippen LogP contribution in [0.5, 0.6) is 0 Å². The van der Waals surface area contributed by atoms with Gasteiger partial charge in [-0.05, 0) is 17.5 Å². The summed E-state index contributed by atoms with van der Waals surface area (Å²) in [5, 5.41) is 22.1. The van der Waals surface area contributed by atoms with Gasteiger partial charge in [0.15, 0.2) is 4.90 Å². The van der Waals surface area contributed by atoms with Crippen molar-refractivity contribution in [2.75, 3.05) is 6.61 Å². The minimum absolute atomic E-state index is 0.0482. The smallest absolute Gasteiger partial charge is 0.296 e. The van der Waals surface area contributed by atoms with Gasteiger partial charge in [0.2, 0.25) is 10.0 Å². The van der Waals surface area contributed by atoms with Crippen LogP contribution in [0.1, 0.15) is 19.4 Å². The van der Waals surface area contributed by atoms with E-state index in [0.717, 1.165) is 17.7 Å². The van der Waals surface area contributed by atoms with E-state index in [4.69, 9.17) is 4.74 Å². The molecule has 0 aliphatic rings. The maximum Gasteiger partial charge on any atom is 0.296 e. The maximum atomic E-state index is 12.7. The Morgan fingerprint density at radius 1 is 1.03 bits per heavy atom. The normalized spacial score (nSPS) is 12.7. The summed E-state index contributed by atoms with van der Waals surface area (Å²) >= 11 is 0. The molecule has 0 bridgehead atoms. The third-order valence-corrected chi connectivity index (χ3v) is 5.70. The maximum absolute atomic E-state index is 12.7. The second kappa shape index (κ2) is 9.54. The largest absolute Gasteiger partial charge is 0.375 e. The van der Waals surface area contributed by atoms with Gasteiger partial charge in [-0.2, -0.15) is 0 Å². The monoisotopic (exact) mass is 423 g/mol. The highest BCUT2D eigenvalue weighted by molar-refractivity contribution is 7.89. The third kappa shape index (κ3) is 6.04. The van der Waals surface area contributed by atoms with Crippen LogP contribution in [-0.2, 0) is 21.4 Å². The summed E-state index contributed by atoms with van der Waals surface area (Å²) in [4.78, 5) is 19.7. The SMILES string of the molecule is CC(C)[C@@H](COCc1ccccc1)NS(=O)(=O)c1ccc([N+](=O)[O-])cc1[N+](=O)[O-]. The highest BCUT2D eigenvalue weighted by Crippen LogP contribution is 2.28. The first kappa shape index (κ1) is 22.4. The van der Waals surface area contributed by atoms with Crippen molar-refractivity contribution in [3.8, 4) is 0 Å².